The van der Waals surface area contributed by atoms with Crippen molar-refractivity contribution in [2.24, 2.45) is 5.73 Å². The molecule has 0 aromatic heterocycles. The zero-order valence-corrected chi connectivity index (χ0v) is 14.2. The highest BCUT2D eigenvalue weighted by atomic mass is 32.2. The van der Waals surface area contributed by atoms with E-state index in [0.29, 0.717) is 11.1 Å². The van der Waals surface area contributed by atoms with Gasteiger partial charge in [0.2, 0.25) is 17.4 Å². The molecular weight excluding hydrogens is 356 g/mol. The summed E-state index contributed by atoms with van der Waals surface area (Å²) < 4.78 is 42.8. The van der Waals surface area contributed by atoms with E-state index in [2.05, 4.69) is 0 Å². The smallest absolute Gasteiger partial charge is 0.313 e. The van der Waals surface area contributed by atoms with E-state index in [4.69, 9.17) is 21.3 Å². The monoisotopic (exact) mass is 371 g/mol. The Bertz CT molecular complexity index is 1060. The highest BCUT2D eigenvalue weighted by Gasteiger charge is 2.39. The third kappa shape index (κ3) is 3.68. The van der Waals surface area contributed by atoms with Gasteiger partial charge in [-0.1, -0.05) is 42.5 Å². The van der Waals surface area contributed by atoms with Gasteiger partial charge in [-0.25, -0.2) is 0 Å². The van der Waals surface area contributed by atoms with E-state index in [1.165, 1.54) is 24.3 Å². The predicted molar refractivity (Wildman–Crippen MR) is 91.4 cm³/mol. The number of carbonyl (C=O) groups excluding carboxylic acids is 1. The van der Waals surface area contributed by atoms with Gasteiger partial charge in [-0.15, -0.1) is 0 Å². The summed E-state index contributed by atoms with van der Waals surface area (Å²) >= 11 is 0. The number of ketones is 1. The number of nitriles is 1. The lowest BCUT2D eigenvalue weighted by Gasteiger charge is -2.09. The highest BCUT2D eigenvalue weighted by molar-refractivity contribution is 7.86. The zero-order valence-electron chi connectivity index (χ0n) is 14.4. The molecule has 0 bridgehead atoms. The summed E-state index contributed by atoms with van der Waals surface area (Å²) in [6.07, 6.45) is -2.28. The van der Waals surface area contributed by atoms with Gasteiger partial charge >= 0.3 is 10.1 Å². The van der Waals surface area contributed by atoms with E-state index >= 15 is 0 Å². The molecule has 132 valence electrons. The summed E-state index contributed by atoms with van der Waals surface area (Å²) in [5, 5.41) is 8.83. The van der Waals surface area contributed by atoms with Gasteiger partial charge in [0, 0.05) is 5.56 Å². The summed E-state index contributed by atoms with van der Waals surface area (Å²) in [4.78, 5) is 12.6. The van der Waals surface area contributed by atoms with Crippen LogP contribution in [-0.2, 0) is 29.6 Å². The van der Waals surface area contributed by atoms with Crippen molar-refractivity contribution in [1.82, 2.24) is 0 Å². The van der Waals surface area contributed by atoms with Gasteiger partial charge in [0.1, 0.15) is 5.75 Å². The molecule has 0 radical (unpaired) electrons. The molecule has 2 aromatic rings. The Balaban J connectivity index is 1.83. The minimum Gasteiger partial charge on any atom is -0.460 e. The molecule has 0 saturated heterocycles. The van der Waals surface area contributed by atoms with Crippen molar-refractivity contribution in [1.29, 1.82) is 5.26 Å². The van der Waals surface area contributed by atoms with Crippen molar-refractivity contribution in [3.63, 3.8) is 0 Å². The van der Waals surface area contributed by atoms with E-state index in [9.17, 15) is 13.2 Å². The fourth-order valence-corrected chi connectivity index (χ4v) is 3.39. The van der Waals surface area contributed by atoms with Crippen molar-refractivity contribution >= 4 is 15.9 Å². The summed E-state index contributed by atoms with van der Waals surface area (Å²) in [6, 6.07) is 15.7. The standard InChI is InChI=1S/C18H14N2O5S/c19-10-12-6-8-14(9-7-12)16-15(21)17(18(20)24-16)25-26(22,23)11-13-4-2-1-3-5-13/h1-9,16H,11,20H2/t16-/m1/s1/i16D. The average molecular weight is 371 g/mol. The molecular formula is C18H14N2O5S. The van der Waals surface area contributed by atoms with Crippen LogP contribution in [0, 0.1) is 11.3 Å². The van der Waals surface area contributed by atoms with Crippen LogP contribution in [0.3, 0.4) is 0 Å². The molecule has 0 unspecified atom stereocenters. The molecule has 1 heterocycles. The van der Waals surface area contributed by atoms with Crippen molar-refractivity contribution in [2.75, 3.05) is 0 Å². The number of nitrogens with zero attached hydrogens (tertiary/aromatic N) is 1. The van der Waals surface area contributed by atoms with Crippen LogP contribution in [0.25, 0.3) is 0 Å². The van der Waals surface area contributed by atoms with Crippen LogP contribution in [0.5, 0.6) is 0 Å². The first-order valence-corrected chi connectivity index (χ1v) is 9.03. The van der Waals surface area contributed by atoms with Gasteiger partial charge in [0.05, 0.1) is 13.0 Å². The number of carbonyl (C=O) groups is 1. The summed E-state index contributed by atoms with van der Waals surface area (Å²) in [7, 11) is -4.19. The SMILES string of the molecule is [2H][C@]1(c2ccc(C#N)cc2)OC(N)=C(OS(=O)(=O)Cc2ccccc2)C1=O. The van der Waals surface area contributed by atoms with Crippen molar-refractivity contribution in [3.8, 4) is 6.07 Å². The number of Topliss-reactive ketones (excluding diaryl/α,β-unsaturated/α-hetero) is 1. The molecule has 8 heteroatoms. The molecule has 1 aliphatic rings. The molecule has 2 aromatic carbocycles. The second-order valence-electron chi connectivity index (χ2n) is 5.41. The topological polar surface area (TPSA) is 119 Å². The molecule has 1 aliphatic heterocycles. The van der Waals surface area contributed by atoms with Crippen LogP contribution in [0.15, 0.2) is 66.2 Å². The minimum absolute atomic E-state index is 0.0912. The molecule has 3 rings (SSSR count). The normalized spacial score (nSPS) is 20.3. The number of hydrogen-bond donors (Lipinski definition) is 1. The maximum absolute atomic E-state index is 12.6. The molecule has 0 amide bonds. The van der Waals surface area contributed by atoms with E-state index < -0.39 is 39.4 Å². The fraction of sp³-hybridized carbons (Fsp3) is 0.111. The second-order valence-corrected chi connectivity index (χ2v) is 6.98. The number of benzene rings is 2. The Morgan fingerprint density at radius 3 is 2.46 bits per heavy atom. The van der Waals surface area contributed by atoms with Gasteiger partial charge in [-0.2, -0.15) is 13.7 Å². The van der Waals surface area contributed by atoms with E-state index in [1.54, 1.807) is 30.3 Å². The van der Waals surface area contributed by atoms with Crippen LogP contribution in [0.2, 0.25) is 0 Å². The van der Waals surface area contributed by atoms with Crippen LogP contribution in [0.1, 0.15) is 24.1 Å². The lowest BCUT2D eigenvalue weighted by atomic mass is 10.0. The van der Waals surface area contributed by atoms with E-state index in [-0.39, 0.29) is 5.56 Å². The van der Waals surface area contributed by atoms with Gasteiger partial charge in [0.15, 0.2) is 6.08 Å². The first-order valence-electron chi connectivity index (χ1n) is 7.95. The Morgan fingerprint density at radius 2 is 1.85 bits per heavy atom. The maximum atomic E-state index is 12.6. The fourth-order valence-electron chi connectivity index (χ4n) is 2.32. The third-order valence-electron chi connectivity index (χ3n) is 3.52. The number of hydrogen-bond acceptors (Lipinski definition) is 7. The number of nitrogens with two attached hydrogens (primary N) is 1. The molecule has 26 heavy (non-hydrogen) atoms. The second kappa shape index (κ2) is 6.90. The number of ether oxygens (including phenoxy) is 1. The third-order valence-corrected chi connectivity index (χ3v) is 4.63. The van der Waals surface area contributed by atoms with Gasteiger partial charge < -0.3 is 14.7 Å². The van der Waals surface area contributed by atoms with Crippen LogP contribution < -0.4 is 5.73 Å². The van der Waals surface area contributed by atoms with Gasteiger partial charge in [-0.3, -0.25) is 4.79 Å². The quantitative estimate of drug-likeness (QED) is 0.797. The van der Waals surface area contributed by atoms with E-state index in [0.717, 1.165) is 0 Å². The lowest BCUT2D eigenvalue weighted by molar-refractivity contribution is -0.123. The molecule has 7 nitrogen and oxygen atoms in total. The molecule has 0 saturated carbocycles. The zero-order chi connectivity index (χ0) is 19.7. The van der Waals surface area contributed by atoms with Crippen LogP contribution in [-0.4, -0.2) is 14.2 Å². The summed E-state index contributed by atoms with van der Waals surface area (Å²) in [5.41, 5.74) is 6.50. The number of rotatable bonds is 5. The van der Waals surface area contributed by atoms with Crippen molar-refractivity contribution in [3.05, 3.63) is 82.9 Å². The Kier molecular flexibility index (Phi) is 4.29. The van der Waals surface area contributed by atoms with Crippen molar-refractivity contribution < 1.29 is 23.5 Å². The summed E-state index contributed by atoms with van der Waals surface area (Å²) in [6.45, 7) is 0. The minimum atomic E-state index is -4.19. The Hall–Kier alpha value is -3.31. The molecule has 0 fully saturated rings. The van der Waals surface area contributed by atoms with Crippen LogP contribution >= 0.6 is 0 Å². The largest absolute Gasteiger partial charge is 0.460 e. The highest BCUT2D eigenvalue weighted by Crippen LogP contribution is 2.32. The molecule has 0 spiro atoms. The van der Waals surface area contributed by atoms with Gasteiger partial charge in [-0.05, 0) is 17.7 Å². The van der Waals surface area contributed by atoms with Crippen molar-refractivity contribution in [2.45, 2.75) is 11.8 Å². The predicted octanol–water partition coefficient (Wildman–Crippen LogP) is 1.87. The molecule has 2 N–H and O–H groups in total. The summed E-state index contributed by atoms with van der Waals surface area (Å²) in [5.74, 6) is -2.83. The van der Waals surface area contributed by atoms with Crippen LogP contribution in [0.4, 0.5) is 0 Å². The molecule has 1 atom stereocenters. The first kappa shape index (κ1) is 16.2. The maximum Gasteiger partial charge on any atom is 0.313 e. The van der Waals surface area contributed by atoms with E-state index in [1.807, 2.05) is 6.07 Å². The lowest BCUT2D eigenvalue weighted by Crippen LogP contribution is -2.16. The molecule has 0 aliphatic carbocycles. The Morgan fingerprint density at radius 1 is 1.19 bits per heavy atom. The van der Waals surface area contributed by atoms with Gasteiger partial charge in [0.25, 0.3) is 0 Å². The Labute approximate surface area is 151 Å². The first-order chi connectivity index (χ1) is 12.7. The average Bonchev–Trinajstić information content (AvgIpc) is 2.86.